The van der Waals surface area contributed by atoms with Crippen LogP contribution >= 0.6 is 11.3 Å². The maximum atomic E-state index is 13.6. The van der Waals surface area contributed by atoms with Gasteiger partial charge in [-0.25, -0.2) is 0 Å². The highest BCUT2D eigenvalue weighted by Gasteiger charge is 2.39. The highest BCUT2D eigenvalue weighted by molar-refractivity contribution is 7.12. The van der Waals surface area contributed by atoms with Gasteiger partial charge in [-0.3, -0.25) is 14.4 Å². The van der Waals surface area contributed by atoms with Crippen LogP contribution in [-0.2, 0) is 9.59 Å². The lowest BCUT2D eigenvalue weighted by Crippen LogP contribution is -2.57. The highest BCUT2D eigenvalue weighted by atomic mass is 32.1. The van der Waals surface area contributed by atoms with Gasteiger partial charge in [-0.05, 0) is 69.2 Å². The predicted octanol–water partition coefficient (Wildman–Crippen LogP) is 3.68. The molecule has 31 heavy (non-hydrogen) atoms. The molecule has 6 nitrogen and oxygen atoms in total. The number of hydrogen-bond acceptors (Lipinski definition) is 4. The number of hydrogen-bond donors (Lipinski definition) is 1. The first-order valence-electron chi connectivity index (χ1n) is 12.0. The Morgan fingerprint density at radius 2 is 1.71 bits per heavy atom. The second-order valence-corrected chi connectivity index (χ2v) is 10.4. The lowest BCUT2D eigenvalue weighted by atomic mass is 9.87. The van der Waals surface area contributed by atoms with Gasteiger partial charge in [0.2, 0.25) is 11.8 Å². The van der Waals surface area contributed by atoms with Gasteiger partial charge < -0.3 is 15.1 Å². The fourth-order valence-electron chi connectivity index (χ4n) is 5.49. The first kappa shape index (κ1) is 22.3. The van der Waals surface area contributed by atoms with E-state index >= 15 is 0 Å². The monoisotopic (exact) mass is 445 g/mol. The normalized spacial score (nSPS) is 24.2. The van der Waals surface area contributed by atoms with Crippen LogP contribution in [0.2, 0.25) is 0 Å². The second-order valence-electron chi connectivity index (χ2n) is 9.45. The largest absolute Gasteiger partial charge is 0.342 e. The van der Waals surface area contributed by atoms with E-state index in [-0.39, 0.29) is 29.7 Å². The van der Waals surface area contributed by atoms with Crippen LogP contribution in [0.5, 0.6) is 0 Å². The van der Waals surface area contributed by atoms with Crippen LogP contribution in [-0.4, -0.2) is 59.2 Å². The zero-order valence-electron chi connectivity index (χ0n) is 18.6. The van der Waals surface area contributed by atoms with E-state index in [1.165, 1.54) is 11.3 Å². The van der Waals surface area contributed by atoms with Crippen molar-refractivity contribution in [3.63, 3.8) is 0 Å². The van der Waals surface area contributed by atoms with E-state index in [9.17, 15) is 14.4 Å². The summed E-state index contributed by atoms with van der Waals surface area (Å²) in [5, 5.41) is 4.96. The van der Waals surface area contributed by atoms with E-state index in [4.69, 9.17) is 0 Å². The van der Waals surface area contributed by atoms with Crippen molar-refractivity contribution < 1.29 is 14.4 Å². The number of carbonyl (C=O) groups excluding carboxylic acids is 3. The third kappa shape index (κ3) is 5.13. The van der Waals surface area contributed by atoms with Gasteiger partial charge in [0, 0.05) is 31.6 Å². The molecule has 4 rings (SSSR count). The molecule has 0 bridgehead atoms. The van der Waals surface area contributed by atoms with E-state index in [1.807, 2.05) is 21.2 Å². The predicted molar refractivity (Wildman–Crippen MR) is 122 cm³/mol. The van der Waals surface area contributed by atoms with Crippen molar-refractivity contribution in [1.82, 2.24) is 15.1 Å². The summed E-state index contributed by atoms with van der Waals surface area (Å²) < 4.78 is 0. The molecule has 2 aliphatic heterocycles. The van der Waals surface area contributed by atoms with Crippen molar-refractivity contribution in [2.75, 3.05) is 19.6 Å². The summed E-state index contributed by atoms with van der Waals surface area (Å²) in [4.78, 5) is 43.8. The molecule has 1 saturated carbocycles. The minimum atomic E-state index is -0.515. The molecule has 0 spiro atoms. The third-order valence-corrected chi connectivity index (χ3v) is 8.28. The van der Waals surface area contributed by atoms with E-state index < -0.39 is 6.04 Å². The molecule has 3 amide bonds. The van der Waals surface area contributed by atoms with Gasteiger partial charge in [-0.15, -0.1) is 11.3 Å². The van der Waals surface area contributed by atoms with Crippen LogP contribution in [0.25, 0.3) is 0 Å². The molecule has 1 aromatic heterocycles. The minimum Gasteiger partial charge on any atom is -0.342 e. The Balaban J connectivity index is 1.44. The maximum absolute atomic E-state index is 13.6. The molecule has 0 unspecified atom stereocenters. The van der Waals surface area contributed by atoms with Crippen molar-refractivity contribution in [3.05, 3.63) is 22.4 Å². The number of nitrogens with zero attached hydrogens (tertiary/aromatic N) is 2. The van der Waals surface area contributed by atoms with E-state index in [1.54, 1.807) is 6.07 Å². The van der Waals surface area contributed by atoms with Crippen molar-refractivity contribution in [2.24, 2.45) is 11.8 Å². The van der Waals surface area contributed by atoms with Gasteiger partial charge in [0.15, 0.2) is 0 Å². The molecular formula is C24H35N3O3S. The Bertz CT molecular complexity index is 767. The van der Waals surface area contributed by atoms with Crippen molar-refractivity contribution in [2.45, 2.75) is 76.8 Å². The number of thiophene rings is 1. The fourth-order valence-corrected chi connectivity index (χ4v) is 6.12. The molecule has 3 heterocycles. The van der Waals surface area contributed by atoms with E-state index in [2.05, 4.69) is 12.2 Å². The Hall–Kier alpha value is -1.89. The molecule has 2 atom stereocenters. The summed E-state index contributed by atoms with van der Waals surface area (Å²) in [5.74, 6) is 0.450. The van der Waals surface area contributed by atoms with Crippen molar-refractivity contribution >= 4 is 29.1 Å². The summed E-state index contributed by atoms with van der Waals surface area (Å²) in [6, 6.07) is 3.36. The summed E-state index contributed by atoms with van der Waals surface area (Å²) in [5.41, 5.74) is 0. The molecular weight excluding hydrogens is 410 g/mol. The van der Waals surface area contributed by atoms with Crippen LogP contribution in [0.3, 0.4) is 0 Å². The zero-order valence-corrected chi connectivity index (χ0v) is 19.4. The first-order chi connectivity index (χ1) is 15.0. The Kier molecular flexibility index (Phi) is 7.31. The van der Waals surface area contributed by atoms with Crippen LogP contribution < -0.4 is 5.32 Å². The average Bonchev–Trinajstić information content (AvgIpc) is 3.51. The average molecular weight is 446 g/mol. The quantitative estimate of drug-likeness (QED) is 0.752. The summed E-state index contributed by atoms with van der Waals surface area (Å²) in [6.07, 6.45) is 9.08. The molecule has 1 aliphatic carbocycles. The Morgan fingerprint density at radius 3 is 2.35 bits per heavy atom. The van der Waals surface area contributed by atoms with Crippen molar-refractivity contribution in [3.8, 4) is 0 Å². The molecule has 170 valence electrons. The third-order valence-electron chi connectivity index (χ3n) is 7.41. The SMILES string of the molecule is C[C@H]1CCCCN1C(=O)[C@@H](NC(=O)c1cccs1)C1CCN(C(=O)C2CCCC2)CC1. The fraction of sp³-hybridized carbons (Fsp3) is 0.708. The number of likely N-dealkylation sites (tertiary alicyclic amines) is 2. The van der Waals surface area contributed by atoms with Gasteiger partial charge in [0.05, 0.1) is 4.88 Å². The Labute approximate surface area is 189 Å². The summed E-state index contributed by atoms with van der Waals surface area (Å²) in [7, 11) is 0. The molecule has 7 heteroatoms. The minimum absolute atomic E-state index is 0.0534. The van der Waals surface area contributed by atoms with Crippen LogP contribution in [0.15, 0.2) is 17.5 Å². The second kappa shape index (κ2) is 10.2. The maximum Gasteiger partial charge on any atom is 0.262 e. The topological polar surface area (TPSA) is 69.7 Å². The Morgan fingerprint density at radius 1 is 1.00 bits per heavy atom. The number of nitrogens with one attached hydrogen (secondary N) is 1. The number of piperidine rings is 2. The number of amides is 3. The summed E-state index contributed by atoms with van der Waals surface area (Å²) in [6.45, 7) is 4.25. The lowest BCUT2D eigenvalue weighted by molar-refractivity contribution is -0.139. The molecule has 1 aromatic rings. The zero-order chi connectivity index (χ0) is 21.8. The standard InChI is InChI=1S/C24H35N3O3S/c1-17-7-4-5-13-27(17)24(30)21(25-22(28)20-10-6-16-31-20)18-11-14-26(15-12-18)23(29)19-8-2-3-9-19/h6,10,16-19,21H,2-5,7-9,11-15H2,1H3,(H,25,28)/t17-,21-/m0/s1. The van der Waals surface area contributed by atoms with E-state index in [0.29, 0.717) is 23.9 Å². The number of carbonyl (C=O) groups is 3. The lowest BCUT2D eigenvalue weighted by Gasteiger charge is -2.41. The van der Waals surface area contributed by atoms with Crippen LogP contribution in [0, 0.1) is 11.8 Å². The van der Waals surface area contributed by atoms with Crippen molar-refractivity contribution in [1.29, 1.82) is 0 Å². The molecule has 1 N–H and O–H groups in total. The smallest absolute Gasteiger partial charge is 0.262 e. The molecule has 0 aromatic carbocycles. The molecule has 3 aliphatic rings. The van der Waals surface area contributed by atoms with Crippen LogP contribution in [0.1, 0.15) is 74.4 Å². The van der Waals surface area contributed by atoms with Crippen LogP contribution in [0.4, 0.5) is 0 Å². The first-order valence-corrected chi connectivity index (χ1v) is 12.9. The summed E-state index contributed by atoms with van der Waals surface area (Å²) >= 11 is 1.40. The molecule has 3 fully saturated rings. The molecule has 0 radical (unpaired) electrons. The van der Waals surface area contributed by atoms with Gasteiger partial charge in [0.1, 0.15) is 6.04 Å². The van der Waals surface area contributed by atoms with Gasteiger partial charge in [0.25, 0.3) is 5.91 Å². The van der Waals surface area contributed by atoms with Gasteiger partial charge >= 0.3 is 0 Å². The highest BCUT2D eigenvalue weighted by Crippen LogP contribution is 2.30. The van der Waals surface area contributed by atoms with E-state index in [0.717, 1.165) is 64.3 Å². The molecule has 2 saturated heterocycles. The van der Waals surface area contributed by atoms with Gasteiger partial charge in [-0.2, -0.15) is 0 Å². The number of rotatable bonds is 5. The van der Waals surface area contributed by atoms with Gasteiger partial charge in [-0.1, -0.05) is 18.9 Å².